The molecule has 0 aliphatic rings. The third-order valence-electron chi connectivity index (χ3n) is 3.73. The van der Waals surface area contributed by atoms with Crippen molar-refractivity contribution in [2.24, 2.45) is 0 Å². The molecule has 0 aliphatic carbocycles. The van der Waals surface area contributed by atoms with E-state index >= 15 is 0 Å². The van der Waals surface area contributed by atoms with Crippen LogP contribution in [0.3, 0.4) is 0 Å². The minimum absolute atomic E-state index is 0.0241. The second kappa shape index (κ2) is 7.88. The van der Waals surface area contributed by atoms with Crippen molar-refractivity contribution in [2.75, 3.05) is 6.61 Å². The molecule has 0 bridgehead atoms. The van der Waals surface area contributed by atoms with E-state index in [1.807, 2.05) is 30.3 Å². The summed E-state index contributed by atoms with van der Waals surface area (Å²) in [6.45, 7) is -1.41. The average Bonchev–Trinajstić information content (AvgIpc) is 2.60. The Morgan fingerprint density at radius 2 is 1.59 bits per heavy atom. The minimum Gasteiger partial charge on any atom is -0.483 e. The highest BCUT2D eigenvalue weighted by molar-refractivity contribution is 6.32. The Balaban J connectivity index is 1.75. The third kappa shape index (κ3) is 5.14. The molecule has 27 heavy (non-hydrogen) atoms. The Morgan fingerprint density at radius 1 is 0.926 bits per heavy atom. The van der Waals surface area contributed by atoms with Gasteiger partial charge in [-0.15, -0.1) is 0 Å². The van der Waals surface area contributed by atoms with E-state index in [0.29, 0.717) is 17.9 Å². The van der Waals surface area contributed by atoms with Gasteiger partial charge in [-0.25, -0.2) is 0 Å². The highest BCUT2D eigenvalue weighted by atomic mass is 35.5. The van der Waals surface area contributed by atoms with Gasteiger partial charge in [0.1, 0.15) is 23.5 Å². The Hall–Kier alpha value is -2.73. The van der Waals surface area contributed by atoms with Crippen LogP contribution in [-0.4, -0.2) is 19.1 Å². The van der Waals surface area contributed by atoms with Gasteiger partial charge in [0.2, 0.25) is 0 Å². The fourth-order valence-electron chi connectivity index (χ4n) is 2.52. The Labute approximate surface area is 158 Å². The second-order valence-corrected chi connectivity index (χ2v) is 6.22. The predicted molar refractivity (Wildman–Crippen MR) is 96.8 cm³/mol. The van der Waals surface area contributed by atoms with Crippen molar-refractivity contribution < 1.29 is 27.4 Å². The smallest absolute Gasteiger partial charge is 0.422 e. The summed E-state index contributed by atoms with van der Waals surface area (Å²) < 4.78 is 47.1. The van der Waals surface area contributed by atoms with Crippen molar-refractivity contribution in [3.63, 3.8) is 0 Å². The van der Waals surface area contributed by atoms with Gasteiger partial charge in [0.05, 0.1) is 5.02 Å². The fraction of sp³-hybridized carbons (Fsp3) is 0.150. The van der Waals surface area contributed by atoms with E-state index in [9.17, 15) is 18.0 Å². The largest absolute Gasteiger partial charge is 0.483 e. The summed E-state index contributed by atoms with van der Waals surface area (Å²) >= 11 is 5.97. The first-order valence-corrected chi connectivity index (χ1v) is 8.35. The summed E-state index contributed by atoms with van der Waals surface area (Å²) in [5.41, 5.74) is 0.924. The van der Waals surface area contributed by atoms with E-state index in [-0.39, 0.29) is 10.8 Å². The quantitative estimate of drug-likeness (QED) is 0.483. The summed E-state index contributed by atoms with van der Waals surface area (Å²) in [7, 11) is 0. The van der Waals surface area contributed by atoms with Crippen LogP contribution in [0.5, 0.6) is 17.2 Å². The van der Waals surface area contributed by atoms with Gasteiger partial charge in [-0.1, -0.05) is 35.9 Å². The summed E-state index contributed by atoms with van der Waals surface area (Å²) in [5, 5.41) is 1.92. The molecule has 0 unspecified atom stereocenters. The normalized spacial score (nSPS) is 11.4. The van der Waals surface area contributed by atoms with E-state index in [4.69, 9.17) is 16.3 Å². The lowest BCUT2D eigenvalue weighted by atomic mass is 10.1. The Morgan fingerprint density at radius 3 is 2.30 bits per heavy atom. The topological polar surface area (TPSA) is 35.5 Å². The van der Waals surface area contributed by atoms with Gasteiger partial charge in [-0.05, 0) is 40.6 Å². The zero-order valence-corrected chi connectivity index (χ0v) is 14.7. The molecule has 0 radical (unpaired) electrons. The third-order valence-corrected chi connectivity index (χ3v) is 4.02. The molecule has 0 saturated carbocycles. The highest BCUT2D eigenvalue weighted by Gasteiger charge is 2.28. The standard InChI is InChI=1S/C20H14ClF3O3/c21-18-11-17(5-6-19(18)26-12-20(22,23)24)27-16-4-3-14-9-13(7-8-25)1-2-15(14)10-16/h1-6,8-11H,7,12H2. The summed E-state index contributed by atoms with van der Waals surface area (Å²) in [6.07, 6.45) is -3.23. The average molecular weight is 395 g/mol. The number of halogens is 4. The summed E-state index contributed by atoms with van der Waals surface area (Å²) in [6, 6.07) is 15.3. The highest BCUT2D eigenvalue weighted by Crippen LogP contribution is 2.33. The number of carbonyl (C=O) groups excluding carboxylic acids is 1. The minimum atomic E-state index is -4.44. The van der Waals surface area contributed by atoms with E-state index in [1.54, 1.807) is 6.07 Å². The number of alkyl halides is 3. The van der Waals surface area contributed by atoms with Crippen molar-refractivity contribution in [3.05, 3.63) is 65.2 Å². The van der Waals surface area contributed by atoms with E-state index in [0.717, 1.165) is 22.6 Å². The molecule has 3 aromatic rings. The molecular formula is C20H14ClF3O3. The van der Waals surface area contributed by atoms with E-state index in [2.05, 4.69) is 4.74 Å². The van der Waals surface area contributed by atoms with Gasteiger partial charge in [0, 0.05) is 12.5 Å². The van der Waals surface area contributed by atoms with Crippen molar-refractivity contribution >= 4 is 28.7 Å². The van der Waals surface area contributed by atoms with Crippen LogP contribution in [0.4, 0.5) is 13.2 Å². The second-order valence-electron chi connectivity index (χ2n) is 5.81. The molecule has 140 valence electrons. The molecular weight excluding hydrogens is 381 g/mol. The molecule has 3 rings (SSSR count). The van der Waals surface area contributed by atoms with Crippen LogP contribution in [0.2, 0.25) is 5.02 Å². The first kappa shape index (κ1) is 19.0. The number of carbonyl (C=O) groups is 1. The lowest BCUT2D eigenvalue weighted by Gasteiger charge is -2.12. The van der Waals surface area contributed by atoms with Crippen LogP contribution in [0.1, 0.15) is 5.56 Å². The molecule has 0 atom stereocenters. The molecule has 0 spiro atoms. The van der Waals surface area contributed by atoms with Crippen molar-refractivity contribution in [1.82, 2.24) is 0 Å². The number of fused-ring (bicyclic) bond motifs is 1. The lowest BCUT2D eigenvalue weighted by Crippen LogP contribution is -2.19. The monoisotopic (exact) mass is 394 g/mol. The maximum Gasteiger partial charge on any atom is 0.422 e. The SMILES string of the molecule is O=CCc1ccc2cc(Oc3ccc(OCC(F)(F)F)c(Cl)c3)ccc2c1. The molecule has 0 fully saturated rings. The molecule has 0 saturated heterocycles. The van der Waals surface area contributed by atoms with E-state index < -0.39 is 12.8 Å². The number of ether oxygens (including phenoxy) is 2. The zero-order chi connectivity index (χ0) is 19.4. The van der Waals surface area contributed by atoms with Crippen LogP contribution in [0, 0.1) is 0 Å². The zero-order valence-electron chi connectivity index (χ0n) is 13.9. The number of hydrogen-bond acceptors (Lipinski definition) is 3. The van der Waals surface area contributed by atoms with Gasteiger partial charge in [0.15, 0.2) is 6.61 Å². The van der Waals surface area contributed by atoms with Crippen molar-refractivity contribution in [2.45, 2.75) is 12.6 Å². The first-order valence-electron chi connectivity index (χ1n) is 7.97. The molecule has 0 N–H and O–H groups in total. The molecule has 0 aromatic heterocycles. The maximum atomic E-state index is 12.2. The molecule has 3 aromatic carbocycles. The van der Waals surface area contributed by atoms with Gasteiger partial charge in [-0.3, -0.25) is 0 Å². The number of benzene rings is 3. The Kier molecular flexibility index (Phi) is 5.56. The first-order chi connectivity index (χ1) is 12.8. The molecule has 0 amide bonds. The van der Waals surface area contributed by atoms with Gasteiger partial charge in [-0.2, -0.15) is 13.2 Å². The predicted octanol–water partition coefficient (Wildman–Crippen LogP) is 5.97. The number of rotatable bonds is 6. The van der Waals surface area contributed by atoms with Crippen LogP contribution in [0.25, 0.3) is 10.8 Å². The summed E-state index contributed by atoms with van der Waals surface area (Å²) in [4.78, 5) is 10.6. The van der Waals surface area contributed by atoms with Gasteiger partial charge >= 0.3 is 6.18 Å². The Bertz CT molecular complexity index is 970. The maximum absolute atomic E-state index is 12.2. The molecule has 0 aliphatic heterocycles. The number of hydrogen-bond donors (Lipinski definition) is 0. The van der Waals surface area contributed by atoms with E-state index in [1.165, 1.54) is 18.2 Å². The van der Waals surface area contributed by atoms with Crippen LogP contribution in [-0.2, 0) is 11.2 Å². The van der Waals surface area contributed by atoms with Crippen molar-refractivity contribution in [3.8, 4) is 17.2 Å². The van der Waals surface area contributed by atoms with Crippen molar-refractivity contribution in [1.29, 1.82) is 0 Å². The van der Waals surface area contributed by atoms with Crippen LogP contribution >= 0.6 is 11.6 Å². The molecule has 0 heterocycles. The van der Waals surface area contributed by atoms with Gasteiger partial charge in [0.25, 0.3) is 0 Å². The van der Waals surface area contributed by atoms with Gasteiger partial charge < -0.3 is 14.3 Å². The molecule has 3 nitrogen and oxygen atoms in total. The summed E-state index contributed by atoms with van der Waals surface area (Å²) in [5.74, 6) is 0.851. The van der Waals surface area contributed by atoms with Crippen LogP contribution in [0.15, 0.2) is 54.6 Å². The fourth-order valence-corrected chi connectivity index (χ4v) is 2.74. The van der Waals surface area contributed by atoms with Crippen LogP contribution < -0.4 is 9.47 Å². The number of aldehydes is 1. The lowest BCUT2D eigenvalue weighted by molar-refractivity contribution is -0.153. The molecule has 7 heteroatoms.